The summed E-state index contributed by atoms with van der Waals surface area (Å²) in [6.45, 7) is 0. The van der Waals surface area contributed by atoms with Crippen molar-refractivity contribution in [1.82, 2.24) is 14.9 Å². The predicted octanol–water partition coefficient (Wildman–Crippen LogP) is 0.603. The van der Waals surface area contributed by atoms with E-state index in [9.17, 15) is 0 Å². The van der Waals surface area contributed by atoms with Crippen LogP contribution in [0.2, 0.25) is 0 Å². The largest absolute Gasteiger partial charge is 0.290 e. The lowest BCUT2D eigenvalue weighted by Gasteiger charge is -2.15. The van der Waals surface area contributed by atoms with Gasteiger partial charge in [0.15, 0.2) is 0 Å². The summed E-state index contributed by atoms with van der Waals surface area (Å²) >= 11 is 0. The molecule has 1 aromatic heterocycles. The van der Waals surface area contributed by atoms with E-state index >= 15 is 0 Å². The van der Waals surface area contributed by atoms with Gasteiger partial charge in [-0.2, -0.15) is 5.26 Å². The van der Waals surface area contributed by atoms with Crippen molar-refractivity contribution in [3.8, 4) is 6.07 Å². The first-order valence-electron chi connectivity index (χ1n) is 3.56. The van der Waals surface area contributed by atoms with E-state index in [0.29, 0.717) is 0 Å². The third kappa shape index (κ3) is 1.77. The van der Waals surface area contributed by atoms with Crippen LogP contribution < -0.4 is 0 Å². The molecule has 12 heavy (non-hydrogen) atoms. The van der Waals surface area contributed by atoms with E-state index < -0.39 is 0 Å². The third-order valence-corrected chi connectivity index (χ3v) is 1.53. The molecule has 0 radical (unpaired) electrons. The second kappa shape index (κ2) is 3.79. The summed E-state index contributed by atoms with van der Waals surface area (Å²) in [5.74, 6) is 0. The van der Waals surface area contributed by atoms with Crippen molar-refractivity contribution in [2.24, 2.45) is 0 Å². The molecule has 62 valence electrons. The first kappa shape index (κ1) is 8.62. The molecule has 0 aliphatic carbocycles. The first-order chi connectivity index (χ1) is 5.75. The van der Waals surface area contributed by atoms with E-state index in [1.165, 1.54) is 6.33 Å². The molecule has 0 fully saturated rings. The van der Waals surface area contributed by atoms with Gasteiger partial charge in [-0.25, -0.2) is 9.97 Å². The maximum Gasteiger partial charge on any atom is 0.126 e. The highest BCUT2D eigenvalue weighted by Crippen LogP contribution is 2.13. The van der Waals surface area contributed by atoms with Crippen LogP contribution in [0.4, 0.5) is 0 Å². The maximum atomic E-state index is 8.80. The number of hydrogen-bond donors (Lipinski definition) is 0. The molecule has 0 spiro atoms. The Labute approximate surface area is 71.5 Å². The fourth-order valence-electron chi connectivity index (χ4n) is 0.940. The normalized spacial score (nSPS) is 12.5. The molecule has 4 heteroatoms. The highest BCUT2D eigenvalue weighted by molar-refractivity contribution is 5.16. The van der Waals surface area contributed by atoms with Crippen molar-refractivity contribution < 1.29 is 0 Å². The molecule has 1 aromatic rings. The Bertz CT molecular complexity index is 275. The van der Waals surface area contributed by atoms with E-state index in [1.54, 1.807) is 12.4 Å². The van der Waals surface area contributed by atoms with Gasteiger partial charge in [0.05, 0.1) is 6.07 Å². The molecule has 1 unspecified atom stereocenters. The van der Waals surface area contributed by atoms with Crippen LogP contribution in [-0.4, -0.2) is 29.0 Å². The second-order valence-electron chi connectivity index (χ2n) is 2.67. The van der Waals surface area contributed by atoms with Crippen molar-refractivity contribution in [2.45, 2.75) is 6.04 Å². The van der Waals surface area contributed by atoms with Gasteiger partial charge in [0, 0.05) is 18.0 Å². The maximum absolute atomic E-state index is 8.80. The summed E-state index contributed by atoms with van der Waals surface area (Å²) in [6.07, 6.45) is 4.76. The fraction of sp³-hybridized carbons (Fsp3) is 0.375. The highest BCUT2D eigenvalue weighted by Gasteiger charge is 2.12. The minimum Gasteiger partial charge on any atom is -0.290 e. The topological polar surface area (TPSA) is 52.8 Å². The molecule has 0 aromatic carbocycles. The Hall–Kier alpha value is -1.47. The van der Waals surface area contributed by atoms with Gasteiger partial charge in [0.1, 0.15) is 12.4 Å². The standard InChI is InChI=1S/C8H10N4/c1-12(2)8(3-9)7-4-10-6-11-5-7/h4-6,8H,1-2H3. The summed E-state index contributed by atoms with van der Waals surface area (Å²) in [4.78, 5) is 9.51. The van der Waals surface area contributed by atoms with E-state index in [1.807, 2.05) is 19.0 Å². The lowest BCUT2D eigenvalue weighted by atomic mass is 10.1. The van der Waals surface area contributed by atoms with E-state index in [2.05, 4.69) is 16.0 Å². The van der Waals surface area contributed by atoms with Crippen LogP contribution in [0.5, 0.6) is 0 Å². The highest BCUT2D eigenvalue weighted by atomic mass is 15.1. The van der Waals surface area contributed by atoms with Gasteiger partial charge in [-0.15, -0.1) is 0 Å². The minimum absolute atomic E-state index is 0.258. The van der Waals surface area contributed by atoms with Gasteiger partial charge in [0.25, 0.3) is 0 Å². The van der Waals surface area contributed by atoms with Gasteiger partial charge in [-0.05, 0) is 14.1 Å². The van der Waals surface area contributed by atoms with E-state index in [4.69, 9.17) is 5.26 Å². The molecule has 0 aliphatic heterocycles. The Kier molecular flexibility index (Phi) is 2.72. The lowest BCUT2D eigenvalue weighted by Crippen LogP contribution is -2.18. The summed E-state index contributed by atoms with van der Waals surface area (Å²) in [6, 6.07) is 1.91. The molecule has 0 bridgehead atoms. The molecule has 0 amide bonds. The third-order valence-electron chi connectivity index (χ3n) is 1.53. The Morgan fingerprint density at radius 2 is 2.00 bits per heavy atom. The van der Waals surface area contributed by atoms with Crippen LogP contribution in [-0.2, 0) is 0 Å². The molecule has 1 rings (SSSR count). The summed E-state index contributed by atoms with van der Waals surface area (Å²) in [7, 11) is 3.70. The van der Waals surface area contributed by atoms with Crippen LogP contribution in [0.3, 0.4) is 0 Å². The predicted molar refractivity (Wildman–Crippen MR) is 44.1 cm³/mol. The molecule has 0 aliphatic rings. The van der Waals surface area contributed by atoms with Gasteiger partial charge >= 0.3 is 0 Å². The van der Waals surface area contributed by atoms with Crippen molar-refractivity contribution in [3.05, 3.63) is 24.3 Å². The molecular formula is C8H10N4. The number of rotatable bonds is 2. The first-order valence-corrected chi connectivity index (χ1v) is 3.56. The molecule has 0 saturated heterocycles. The van der Waals surface area contributed by atoms with Crippen LogP contribution in [0.1, 0.15) is 11.6 Å². The molecule has 0 saturated carbocycles. The zero-order valence-electron chi connectivity index (χ0n) is 7.10. The molecule has 4 nitrogen and oxygen atoms in total. The van der Waals surface area contributed by atoms with Crippen molar-refractivity contribution >= 4 is 0 Å². The van der Waals surface area contributed by atoms with Crippen molar-refractivity contribution in [3.63, 3.8) is 0 Å². The SMILES string of the molecule is CN(C)C(C#N)c1cncnc1. The average molecular weight is 162 g/mol. The quantitative estimate of drug-likeness (QED) is 0.639. The Morgan fingerprint density at radius 1 is 1.42 bits per heavy atom. The number of nitrogens with zero attached hydrogens (tertiary/aromatic N) is 4. The fourth-order valence-corrected chi connectivity index (χ4v) is 0.940. The lowest BCUT2D eigenvalue weighted by molar-refractivity contribution is 0.357. The molecular weight excluding hydrogens is 152 g/mol. The zero-order chi connectivity index (χ0) is 8.97. The average Bonchev–Trinajstić information content (AvgIpc) is 2.07. The van der Waals surface area contributed by atoms with Crippen LogP contribution in [0.25, 0.3) is 0 Å². The Balaban J connectivity index is 2.90. The van der Waals surface area contributed by atoms with Crippen LogP contribution in [0.15, 0.2) is 18.7 Å². The van der Waals surface area contributed by atoms with Gasteiger partial charge < -0.3 is 0 Å². The molecule has 1 atom stereocenters. The summed E-state index contributed by atoms with van der Waals surface area (Å²) < 4.78 is 0. The van der Waals surface area contributed by atoms with Crippen molar-refractivity contribution in [2.75, 3.05) is 14.1 Å². The second-order valence-corrected chi connectivity index (χ2v) is 2.67. The van der Waals surface area contributed by atoms with Crippen LogP contribution >= 0.6 is 0 Å². The van der Waals surface area contributed by atoms with Gasteiger partial charge in [-0.1, -0.05) is 0 Å². The van der Waals surface area contributed by atoms with Crippen LogP contribution in [0, 0.1) is 11.3 Å². The summed E-state index contributed by atoms with van der Waals surface area (Å²) in [5.41, 5.74) is 0.824. The number of hydrogen-bond acceptors (Lipinski definition) is 4. The number of nitriles is 1. The Morgan fingerprint density at radius 3 is 2.42 bits per heavy atom. The van der Waals surface area contributed by atoms with Gasteiger partial charge in [0.2, 0.25) is 0 Å². The zero-order valence-corrected chi connectivity index (χ0v) is 7.10. The summed E-state index contributed by atoms with van der Waals surface area (Å²) in [5, 5.41) is 8.80. The smallest absolute Gasteiger partial charge is 0.126 e. The minimum atomic E-state index is -0.258. The van der Waals surface area contributed by atoms with E-state index in [0.717, 1.165) is 5.56 Å². The van der Waals surface area contributed by atoms with Crippen molar-refractivity contribution in [1.29, 1.82) is 5.26 Å². The van der Waals surface area contributed by atoms with Gasteiger partial charge in [-0.3, -0.25) is 4.90 Å². The molecule has 0 N–H and O–H groups in total. The monoisotopic (exact) mass is 162 g/mol. The van der Waals surface area contributed by atoms with E-state index in [-0.39, 0.29) is 6.04 Å². The number of aromatic nitrogens is 2. The molecule has 1 heterocycles.